The normalized spacial score (nSPS) is 11.2. The maximum Gasteiger partial charge on any atom is 0.332 e. The lowest BCUT2D eigenvalue weighted by Gasteiger charge is -2.09. The van der Waals surface area contributed by atoms with Crippen LogP contribution >= 0.6 is 11.8 Å². The topological polar surface area (TPSA) is 72.8 Å². The van der Waals surface area contributed by atoms with Crippen LogP contribution in [0.3, 0.4) is 0 Å². The molecule has 37 heavy (non-hydrogen) atoms. The highest BCUT2D eigenvalue weighted by Crippen LogP contribution is 2.29. The lowest BCUT2D eigenvalue weighted by atomic mass is 9.97. The van der Waals surface area contributed by atoms with Crippen LogP contribution in [-0.4, -0.2) is 23.2 Å². The van der Waals surface area contributed by atoms with Gasteiger partial charge in [-0.15, -0.1) is 0 Å². The Morgan fingerprint density at radius 1 is 0.649 bits per heavy atom. The molecule has 0 bridgehead atoms. The molecule has 0 aliphatic rings. The summed E-state index contributed by atoms with van der Waals surface area (Å²) < 4.78 is 0. The second-order valence-electron chi connectivity index (χ2n) is 8.46. The molecule has 0 atom stereocenters. The van der Waals surface area contributed by atoms with E-state index in [1.165, 1.54) is 18.7 Å². The first-order chi connectivity index (χ1) is 17.8. The minimum absolute atomic E-state index is 0.00242. The van der Waals surface area contributed by atoms with Crippen LogP contribution in [0.2, 0.25) is 0 Å². The Morgan fingerprint density at radius 3 is 1.65 bits per heavy atom. The van der Waals surface area contributed by atoms with Gasteiger partial charge in [0.15, 0.2) is 11.5 Å². The molecule has 0 amide bonds. The van der Waals surface area contributed by atoms with E-state index in [2.05, 4.69) is 5.16 Å². The Balaban J connectivity index is 1.50. The average Bonchev–Trinajstić information content (AvgIpc) is 2.90. The smallest absolute Gasteiger partial charge is 0.318 e. The molecular formula is C31H25NO4S. The van der Waals surface area contributed by atoms with E-state index in [1.807, 2.05) is 86.6 Å². The van der Waals surface area contributed by atoms with E-state index in [-0.39, 0.29) is 17.3 Å². The molecule has 184 valence electrons. The monoisotopic (exact) mass is 507 g/mol. The van der Waals surface area contributed by atoms with Crippen molar-refractivity contribution in [3.05, 3.63) is 130 Å². The Hall–Kier alpha value is -4.29. The summed E-state index contributed by atoms with van der Waals surface area (Å²) in [6.45, 7) is 5.03. The van der Waals surface area contributed by atoms with Crippen molar-refractivity contribution in [3.8, 4) is 0 Å². The molecule has 4 rings (SSSR count). The van der Waals surface area contributed by atoms with Crippen LogP contribution in [0.15, 0.2) is 112 Å². The number of rotatable bonds is 8. The highest BCUT2D eigenvalue weighted by atomic mass is 32.2. The first-order valence-electron chi connectivity index (χ1n) is 11.7. The molecule has 0 N–H and O–H groups in total. The molecule has 0 saturated carbocycles. The first kappa shape index (κ1) is 25.8. The summed E-state index contributed by atoms with van der Waals surface area (Å²) in [6.07, 6.45) is 0. The fraction of sp³-hybridized carbons (Fsp3) is 0.0968. The van der Waals surface area contributed by atoms with E-state index >= 15 is 0 Å². The summed E-state index contributed by atoms with van der Waals surface area (Å²) in [5.74, 6) is -0.944. The number of carbonyl (C=O) groups excluding carboxylic acids is 3. The molecule has 4 aromatic rings. The molecule has 0 aliphatic heterocycles. The third-order valence-corrected chi connectivity index (χ3v) is 6.75. The predicted molar refractivity (Wildman–Crippen MR) is 145 cm³/mol. The van der Waals surface area contributed by atoms with Crippen LogP contribution < -0.4 is 0 Å². The van der Waals surface area contributed by atoms with E-state index in [4.69, 9.17) is 4.84 Å². The Morgan fingerprint density at radius 2 is 1.14 bits per heavy atom. The Labute approximate surface area is 220 Å². The number of ketones is 2. The number of Topliss-reactive ketones (excluding diaryl/α,β-unsaturated/α-hetero) is 1. The first-order valence-corrected chi connectivity index (χ1v) is 12.5. The van der Waals surface area contributed by atoms with E-state index < -0.39 is 5.97 Å². The standard InChI is InChI=1S/C31H25NO4S/c1-20-8-4-6-10-27(20)29(32-36-22(3)33)31(35)24-14-18-26(19-15-24)37-25-16-12-23(13-17-25)30(34)28-11-7-5-9-21(28)2/h4-19H,1-3H3/b32-29+. The molecule has 0 spiro atoms. The van der Waals surface area contributed by atoms with Gasteiger partial charge in [-0.3, -0.25) is 9.59 Å². The fourth-order valence-electron chi connectivity index (χ4n) is 3.77. The summed E-state index contributed by atoms with van der Waals surface area (Å²) >= 11 is 1.53. The van der Waals surface area contributed by atoms with Crippen LogP contribution in [0.1, 0.15) is 49.9 Å². The summed E-state index contributed by atoms with van der Waals surface area (Å²) in [5.41, 5.74) is 4.23. The largest absolute Gasteiger partial charge is 0.332 e. The van der Waals surface area contributed by atoms with Crippen molar-refractivity contribution in [3.63, 3.8) is 0 Å². The van der Waals surface area contributed by atoms with Gasteiger partial charge < -0.3 is 4.84 Å². The lowest BCUT2D eigenvalue weighted by molar-refractivity contribution is -0.140. The highest BCUT2D eigenvalue weighted by molar-refractivity contribution is 7.99. The molecule has 0 heterocycles. The van der Waals surface area contributed by atoms with Crippen molar-refractivity contribution in [1.29, 1.82) is 0 Å². The number of nitrogens with zero attached hydrogens (tertiary/aromatic N) is 1. The maximum absolute atomic E-state index is 13.3. The van der Waals surface area contributed by atoms with Gasteiger partial charge in [0.05, 0.1) is 0 Å². The van der Waals surface area contributed by atoms with E-state index in [0.717, 1.165) is 20.9 Å². The minimum atomic E-state index is -0.600. The number of hydrogen-bond donors (Lipinski definition) is 0. The summed E-state index contributed by atoms with van der Waals surface area (Å²) in [5, 5.41) is 3.86. The van der Waals surface area contributed by atoms with E-state index in [0.29, 0.717) is 22.3 Å². The van der Waals surface area contributed by atoms with Crippen molar-refractivity contribution in [2.45, 2.75) is 30.6 Å². The van der Waals surface area contributed by atoms with Gasteiger partial charge in [0, 0.05) is 39.0 Å². The Bertz CT molecular complexity index is 1490. The molecule has 0 fully saturated rings. The number of hydrogen-bond acceptors (Lipinski definition) is 6. The lowest BCUT2D eigenvalue weighted by Crippen LogP contribution is -2.18. The zero-order chi connectivity index (χ0) is 26.4. The van der Waals surface area contributed by atoms with Crippen molar-refractivity contribution in [1.82, 2.24) is 0 Å². The third-order valence-electron chi connectivity index (χ3n) is 5.74. The van der Waals surface area contributed by atoms with Crippen molar-refractivity contribution in [2.24, 2.45) is 5.16 Å². The van der Waals surface area contributed by atoms with Crippen LogP contribution in [0.4, 0.5) is 0 Å². The number of carbonyl (C=O) groups is 3. The van der Waals surface area contributed by atoms with Gasteiger partial charge in [-0.05, 0) is 73.5 Å². The van der Waals surface area contributed by atoms with Gasteiger partial charge in [0.2, 0.25) is 5.78 Å². The molecular weight excluding hydrogens is 482 g/mol. The maximum atomic E-state index is 13.3. The van der Waals surface area contributed by atoms with Gasteiger partial charge >= 0.3 is 5.97 Å². The van der Waals surface area contributed by atoms with Crippen molar-refractivity contribution in [2.75, 3.05) is 0 Å². The molecule has 5 nitrogen and oxygen atoms in total. The van der Waals surface area contributed by atoms with Crippen molar-refractivity contribution < 1.29 is 19.2 Å². The molecule has 0 aliphatic carbocycles. The fourth-order valence-corrected chi connectivity index (χ4v) is 4.58. The second kappa shape index (κ2) is 11.6. The highest BCUT2D eigenvalue weighted by Gasteiger charge is 2.20. The molecule has 0 unspecified atom stereocenters. The van der Waals surface area contributed by atoms with E-state index in [9.17, 15) is 14.4 Å². The van der Waals surface area contributed by atoms with Crippen molar-refractivity contribution >= 4 is 35.0 Å². The third kappa shape index (κ3) is 6.29. The second-order valence-corrected chi connectivity index (χ2v) is 9.61. The molecule has 0 radical (unpaired) electrons. The Kier molecular flexibility index (Phi) is 8.11. The van der Waals surface area contributed by atoms with Gasteiger partial charge in [-0.2, -0.15) is 0 Å². The minimum Gasteiger partial charge on any atom is -0.318 e. The average molecular weight is 508 g/mol. The summed E-state index contributed by atoms with van der Waals surface area (Å²) in [4.78, 5) is 44.1. The quantitative estimate of drug-likeness (QED) is 0.113. The van der Waals surface area contributed by atoms with Gasteiger partial charge in [0.25, 0.3) is 0 Å². The van der Waals surface area contributed by atoms with Gasteiger partial charge in [-0.25, -0.2) is 4.79 Å². The molecule has 4 aromatic carbocycles. The summed E-state index contributed by atoms with van der Waals surface area (Å²) in [6, 6.07) is 29.5. The summed E-state index contributed by atoms with van der Waals surface area (Å²) in [7, 11) is 0. The number of aryl methyl sites for hydroxylation is 2. The predicted octanol–water partition coefficient (Wildman–Crippen LogP) is 6.84. The van der Waals surface area contributed by atoms with Crippen LogP contribution in [-0.2, 0) is 9.63 Å². The van der Waals surface area contributed by atoms with Crippen LogP contribution in [0, 0.1) is 13.8 Å². The van der Waals surface area contributed by atoms with Gasteiger partial charge in [-0.1, -0.05) is 65.4 Å². The zero-order valence-corrected chi connectivity index (χ0v) is 21.5. The van der Waals surface area contributed by atoms with Crippen LogP contribution in [0.5, 0.6) is 0 Å². The molecule has 6 heteroatoms. The van der Waals surface area contributed by atoms with Gasteiger partial charge in [0.1, 0.15) is 0 Å². The SMILES string of the molecule is CC(=O)O/N=C(/C(=O)c1ccc(Sc2ccc(C(=O)c3ccccc3C)cc2)cc1)c1ccccc1C. The molecule has 0 saturated heterocycles. The molecule has 0 aromatic heterocycles. The van der Waals surface area contributed by atoms with E-state index in [1.54, 1.807) is 24.3 Å². The number of benzene rings is 4. The number of oxime groups is 1. The van der Waals surface area contributed by atoms with Crippen LogP contribution in [0.25, 0.3) is 0 Å². The zero-order valence-electron chi connectivity index (χ0n) is 20.7.